The molecule has 1 unspecified atom stereocenters. The van der Waals surface area contributed by atoms with Crippen molar-refractivity contribution in [2.45, 2.75) is 18.7 Å². The first-order valence-corrected chi connectivity index (χ1v) is 8.97. The van der Waals surface area contributed by atoms with Crippen LogP contribution in [0.25, 0.3) is 0 Å². The Kier molecular flexibility index (Phi) is 5.54. The fraction of sp³-hybridized carbons (Fsp3) is 0.250. The predicted octanol–water partition coefficient (Wildman–Crippen LogP) is 6.16. The zero-order valence-corrected chi connectivity index (χ0v) is 16.8. The third-order valence-electron chi connectivity index (χ3n) is 3.21. The molecule has 1 atom stereocenters. The molecule has 106 valence electrons. The Hall–Kier alpha value is -0.0700. The number of benzene rings is 2. The van der Waals surface area contributed by atoms with Gasteiger partial charge in [0.1, 0.15) is 5.75 Å². The molecular weight excluding hydrogens is 495 g/mol. The second-order valence-corrected chi connectivity index (χ2v) is 7.73. The van der Waals surface area contributed by atoms with Crippen molar-refractivity contribution in [3.05, 3.63) is 60.6 Å². The van der Waals surface area contributed by atoms with Gasteiger partial charge in [0.2, 0.25) is 0 Å². The molecule has 0 radical (unpaired) electrons. The van der Waals surface area contributed by atoms with Crippen LogP contribution in [0.3, 0.4) is 0 Å². The van der Waals surface area contributed by atoms with Crippen LogP contribution in [-0.2, 0) is 0 Å². The molecule has 0 fully saturated rings. The standard InChI is InChI=1S/C16H15Br2IO/c1-9-6-11(7-10(2)16(9)20-3)15(18)13-8-12(19)4-5-14(13)17/h4-8,15H,1-3H3. The molecule has 0 spiro atoms. The normalized spacial score (nSPS) is 12.3. The maximum atomic E-state index is 5.43. The number of alkyl halides is 1. The van der Waals surface area contributed by atoms with Crippen LogP contribution in [0.1, 0.15) is 27.1 Å². The largest absolute Gasteiger partial charge is 0.496 e. The fourth-order valence-corrected chi connectivity index (χ4v) is 4.28. The monoisotopic (exact) mass is 508 g/mol. The molecule has 0 N–H and O–H groups in total. The molecule has 0 amide bonds. The highest BCUT2D eigenvalue weighted by Gasteiger charge is 2.16. The van der Waals surface area contributed by atoms with Crippen molar-refractivity contribution in [2.75, 3.05) is 7.11 Å². The number of aryl methyl sites for hydroxylation is 2. The van der Waals surface area contributed by atoms with Gasteiger partial charge in [-0.3, -0.25) is 0 Å². The van der Waals surface area contributed by atoms with Gasteiger partial charge in [-0.2, -0.15) is 0 Å². The lowest BCUT2D eigenvalue weighted by Crippen LogP contribution is -1.99. The Morgan fingerprint density at radius 2 is 1.70 bits per heavy atom. The van der Waals surface area contributed by atoms with Crippen molar-refractivity contribution in [2.24, 2.45) is 0 Å². The van der Waals surface area contributed by atoms with E-state index in [4.69, 9.17) is 4.74 Å². The molecule has 1 nitrogen and oxygen atoms in total. The predicted molar refractivity (Wildman–Crippen MR) is 100 cm³/mol. The number of rotatable bonds is 3. The zero-order valence-electron chi connectivity index (χ0n) is 11.5. The van der Waals surface area contributed by atoms with Gasteiger partial charge in [0, 0.05) is 8.04 Å². The Balaban J connectivity index is 2.48. The van der Waals surface area contributed by atoms with E-state index in [-0.39, 0.29) is 4.83 Å². The van der Waals surface area contributed by atoms with E-state index in [2.05, 4.69) is 98.6 Å². The average Bonchev–Trinajstić information content (AvgIpc) is 2.40. The van der Waals surface area contributed by atoms with Gasteiger partial charge in [0.15, 0.2) is 0 Å². The van der Waals surface area contributed by atoms with Crippen LogP contribution >= 0.6 is 54.5 Å². The summed E-state index contributed by atoms with van der Waals surface area (Å²) in [5, 5.41) is 0. The van der Waals surface area contributed by atoms with Crippen LogP contribution in [0.2, 0.25) is 0 Å². The summed E-state index contributed by atoms with van der Waals surface area (Å²) in [6.07, 6.45) is 0. The summed E-state index contributed by atoms with van der Waals surface area (Å²) >= 11 is 9.79. The molecule has 20 heavy (non-hydrogen) atoms. The summed E-state index contributed by atoms with van der Waals surface area (Å²) in [5.74, 6) is 0.968. The molecule has 0 aliphatic carbocycles. The van der Waals surface area contributed by atoms with Gasteiger partial charge in [0.05, 0.1) is 11.9 Å². The quantitative estimate of drug-likeness (QED) is 0.355. The summed E-state index contributed by atoms with van der Waals surface area (Å²) in [7, 11) is 1.72. The summed E-state index contributed by atoms with van der Waals surface area (Å²) in [6, 6.07) is 10.7. The van der Waals surface area contributed by atoms with Crippen LogP contribution in [0.4, 0.5) is 0 Å². The summed E-state index contributed by atoms with van der Waals surface area (Å²) in [5.41, 5.74) is 4.80. The van der Waals surface area contributed by atoms with Crippen LogP contribution in [0.5, 0.6) is 5.75 Å². The molecule has 2 aromatic carbocycles. The van der Waals surface area contributed by atoms with Crippen LogP contribution < -0.4 is 4.74 Å². The van der Waals surface area contributed by atoms with Gasteiger partial charge >= 0.3 is 0 Å². The summed E-state index contributed by atoms with van der Waals surface area (Å²) in [4.78, 5) is 0.162. The molecular formula is C16H15Br2IO. The first-order valence-electron chi connectivity index (χ1n) is 6.18. The maximum Gasteiger partial charge on any atom is 0.124 e. The number of methoxy groups -OCH3 is 1. The third-order valence-corrected chi connectivity index (χ3v) is 5.63. The average molecular weight is 510 g/mol. The van der Waals surface area contributed by atoms with Crippen molar-refractivity contribution >= 4 is 54.5 Å². The van der Waals surface area contributed by atoms with Gasteiger partial charge in [-0.15, -0.1) is 0 Å². The molecule has 0 heterocycles. The van der Waals surface area contributed by atoms with Gasteiger partial charge in [-0.25, -0.2) is 0 Å². The third kappa shape index (κ3) is 3.39. The lowest BCUT2D eigenvalue weighted by molar-refractivity contribution is 0.408. The van der Waals surface area contributed by atoms with E-state index in [1.54, 1.807) is 7.11 Å². The Morgan fingerprint density at radius 1 is 1.10 bits per heavy atom. The Bertz CT molecular complexity index is 617. The molecule has 0 saturated heterocycles. The van der Waals surface area contributed by atoms with E-state index in [1.807, 2.05) is 0 Å². The number of halogens is 3. The minimum Gasteiger partial charge on any atom is -0.496 e. The van der Waals surface area contributed by atoms with Crippen LogP contribution in [-0.4, -0.2) is 7.11 Å². The van der Waals surface area contributed by atoms with Gasteiger partial charge in [-0.05, 0) is 76.9 Å². The topological polar surface area (TPSA) is 9.23 Å². The van der Waals surface area contributed by atoms with E-state index in [0.717, 1.165) is 21.3 Å². The summed E-state index contributed by atoms with van der Waals surface area (Å²) < 4.78 is 7.78. The molecule has 4 heteroatoms. The van der Waals surface area contributed by atoms with E-state index in [9.17, 15) is 0 Å². The van der Waals surface area contributed by atoms with Crippen LogP contribution in [0.15, 0.2) is 34.8 Å². The molecule has 0 saturated carbocycles. The number of ether oxygens (including phenoxy) is 1. The minimum absolute atomic E-state index is 0.162. The molecule has 2 rings (SSSR count). The van der Waals surface area contributed by atoms with E-state index >= 15 is 0 Å². The minimum atomic E-state index is 0.162. The second kappa shape index (κ2) is 6.79. The van der Waals surface area contributed by atoms with E-state index in [0.29, 0.717) is 0 Å². The first-order chi connectivity index (χ1) is 9.43. The highest BCUT2D eigenvalue weighted by atomic mass is 127. The maximum absolute atomic E-state index is 5.43. The Labute approximate surface area is 150 Å². The molecule has 0 aliphatic rings. The molecule has 0 aliphatic heterocycles. The van der Waals surface area contributed by atoms with Crippen molar-refractivity contribution in [3.8, 4) is 5.75 Å². The number of hydrogen-bond donors (Lipinski definition) is 0. The fourth-order valence-electron chi connectivity index (χ4n) is 2.34. The highest BCUT2D eigenvalue weighted by molar-refractivity contribution is 14.1. The SMILES string of the molecule is COc1c(C)cc(C(Br)c2cc(I)ccc2Br)cc1C. The lowest BCUT2D eigenvalue weighted by Gasteiger charge is -2.17. The first kappa shape index (κ1) is 16.3. The summed E-state index contributed by atoms with van der Waals surface area (Å²) in [6.45, 7) is 4.16. The van der Waals surface area contributed by atoms with Crippen molar-refractivity contribution < 1.29 is 4.74 Å². The highest BCUT2D eigenvalue weighted by Crippen LogP contribution is 2.38. The Morgan fingerprint density at radius 3 is 2.25 bits per heavy atom. The van der Waals surface area contributed by atoms with Crippen molar-refractivity contribution in [1.29, 1.82) is 0 Å². The van der Waals surface area contributed by atoms with E-state index in [1.165, 1.54) is 14.7 Å². The van der Waals surface area contributed by atoms with Gasteiger partial charge in [-0.1, -0.05) is 44.0 Å². The van der Waals surface area contributed by atoms with E-state index < -0.39 is 0 Å². The van der Waals surface area contributed by atoms with Crippen molar-refractivity contribution in [1.82, 2.24) is 0 Å². The smallest absolute Gasteiger partial charge is 0.124 e. The number of hydrogen-bond acceptors (Lipinski definition) is 1. The lowest BCUT2D eigenvalue weighted by atomic mass is 9.99. The molecule has 0 bridgehead atoms. The zero-order chi connectivity index (χ0) is 14.9. The second-order valence-electron chi connectivity index (χ2n) is 4.72. The van der Waals surface area contributed by atoms with Crippen molar-refractivity contribution in [3.63, 3.8) is 0 Å². The molecule has 0 aromatic heterocycles. The van der Waals surface area contributed by atoms with Gasteiger partial charge in [0.25, 0.3) is 0 Å². The van der Waals surface area contributed by atoms with Gasteiger partial charge < -0.3 is 4.74 Å². The van der Waals surface area contributed by atoms with Crippen LogP contribution in [0, 0.1) is 17.4 Å². The molecule has 2 aromatic rings.